The maximum atomic E-state index is 5.59. The van der Waals surface area contributed by atoms with Crippen molar-refractivity contribution in [1.29, 1.82) is 0 Å². The van der Waals surface area contributed by atoms with Crippen molar-refractivity contribution >= 4 is 17.3 Å². The van der Waals surface area contributed by atoms with Gasteiger partial charge in [0.1, 0.15) is 5.82 Å². The molecule has 0 saturated carbocycles. The summed E-state index contributed by atoms with van der Waals surface area (Å²) in [5, 5.41) is 3.08. The Morgan fingerprint density at radius 2 is 1.65 bits per heavy atom. The molecule has 0 unspecified atom stereocenters. The van der Waals surface area contributed by atoms with Crippen LogP contribution in [-0.2, 0) is 0 Å². The third-order valence-corrected chi connectivity index (χ3v) is 2.59. The molecular weight excluding hydrogens is 260 g/mol. The average Bonchev–Trinajstić information content (AvgIpc) is 2.46. The summed E-state index contributed by atoms with van der Waals surface area (Å²) in [6.07, 6.45) is 3.04. The third-order valence-electron chi connectivity index (χ3n) is 2.59. The van der Waals surface area contributed by atoms with Crippen molar-refractivity contribution in [1.82, 2.24) is 9.97 Å². The highest BCUT2D eigenvalue weighted by Gasteiger charge is 2.13. The molecule has 0 atom stereocenters. The molecule has 0 fully saturated rings. The van der Waals surface area contributed by atoms with Gasteiger partial charge < -0.3 is 25.3 Å². The van der Waals surface area contributed by atoms with Crippen molar-refractivity contribution in [3.8, 4) is 17.2 Å². The zero-order chi connectivity index (χ0) is 14.5. The number of aromatic nitrogens is 2. The molecule has 2 aromatic rings. The molecule has 0 aliphatic heterocycles. The van der Waals surface area contributed by atoms with Gasteiger partial charge in [0.2, 0.25) is 5.75 Å². The first-order valence-electron chi connectivity index (χ1n) is 5.82. The zero-order valence-corrected chi connectivity index (χ0v) is 11.5. The van der Waals surface area contributed by atoms with E-state index in [9.17, 15) is 0 Å². The summed E-state index contributed by atoms with van der Waals surface area (Å²) < 4.78 is 15.8. The third kappa shape index (κ3) is 2.82. The molecule has 1 heterocycles. The monoisotopic (exact) mass is 276 g/mol. The van der Waals surface area contributed by atoms with Gasteiger partial charge in [0.05, 0.1) is 33.7 Å². The molecular formula is C13H16N4O3. The Morgan fingerprint density at radius 3 is 2.15 bits per heavy atom. The molecule has 1 aromatic heterocycles. The van der Waals surface area contributed by atoms with Crippen LogP contribution in [0.25, 0.3) is 0 Å². The van der Waals surface area contributed by atoms with E-state index in [0.717, 1.165) is 5.69 Å². The van der Waals surface area contributed by atoms with Crippen molar-refractivity contribution in [2.75, 3.05) is 32.4 Å². The second kappa shape index (κ2) is 5.96. The van der Waals surface area contributed by atoms with Crippen LogP contribution in [0.4, 0.5) is 17.3 Å². The van der Waals surface area contributed by atoms with E-state index in [1.165, 1.54) is 6.20 Å². The van der Waals surface area contributed by atoms with Crippen LogP contribution in [0.2, 0.25) is 0 Å². The van der Waals surface area contributed by atoms with Crippen LogP contribution in [0, 0.1) is 0 Å². The van der Waals surface area contributed by atoms with E-state index in [1.54, 1.807) is 39.7 Å². The lowest BCUT2D eigenvalue weighted by Gasteiger charge is -2.14. The first-order chi connectivity index (χ1) is 9.67. The van der Waals surface area contributed by atoms with Crippen LogP contribution >= 0.6 is 0 Å². The van der Waals surface area contributed by atoms with Crippen molar-refractivity contribution in [3.63, 3.8) is 0 Å². The van der Waals surface area contributed by atoms with Gasteiger partial charge in [-0.3, -0.25) is 4.98 Å². The molecule has 20 heavy (non-hydrogen) atoms. The van der Waals surface area contributed by atoms with Gasteiger partial charge in [-0.1, -0.05) is 0 Å². The molecule has 0 bridgehead atoms. The highest BCUT2D eigenvalue weighted by molar-refractivity contribution is 5.66. The van der Waals surface area contributed by atoms with E-state index in [2.05, 4.69) is 15.3 Å². The molecule has 0 saturated heterocycles. The minimum atomic E-state index is 0.336. The Labute approximate surface area is 116 Å². The Bertz CT molecular complexity index is 579. The van der Waals surface area contributed by atoms with Crippen LogP contribution in [0.15, 0.2) is 24.5 Å². The fraction of sp³-hybridized carbons (Fsp3) is 0.231. The topological polar surface area (TPSA) is 91.5 Å². The number of nitrogens with one attached hydrogen (secondary N) is 1. The largest absolute Gasteiger partial charge is 0.493 e. The molecule has 106 valence electrons. The smallest absolute Gasteiger partial charge is 0.203 e. The molecule has 7 nitrogen and oxygen atoms in total. The maximum absolute atomic E-state index is 5.59. The van der Waals surface area contributed by atoms with Gasteiger partial charge in [-0.25, -0.2) is 4.98 Å². The number of nitrogens with two attached hydrogens (primary N) is 1. The van der Waals surface area contributed by atoms with Gasteiger partial charge in [0, 0.05) is 17.8 Å². The number of rotatable bonds is 5. The summed E-state index contributed by atoms with van der Waals surface area (Å²) in [5.74, 6) is 2.48. The van der Waals surface area contributed by atoms with Crippen molar-refractivity contribution in [3.05, 3.63) is 24.5 Å². The molecule has 0 aliphatic rings. The van der Waals surface area contributed by atoms with Crippen molar-refractivity contribution in [2.45, 2.75) is 0 Å². The minimum Gasteiger partial charge on any atom is -0.493 e. The second-order valence-corrected chi connectivity index (χ2v) is 3.87. The van der Waals surface area contributed by atoms with Crippen LogP contribution in [0.5, 0.6) is 17.2 Å². The van der Waals surface area contributed by atoms with Gasteiger partial charge in [0.25, 0.3) is 0 Å². The molecule has 1 aromatic carbocycles. The molecule has 2 rings (SSSR count). The summed E-state index contributed by atoms with van der Waals surface area (Å²) in [7, 11) is 4.67. The van der Waals surface area contributed by atoms with Gasteiger partial charge in [0.15, 0.2) is 17.3 Å². The molecule has 0 radical (unpaired) electrons. The number of anilines is 3. The number of nitrogens with zero attached hydrogens (tertiary/aromatic N) is 2. The lowest BCUT2D eigenvalue weighted by atomic mass is 10.2. The molecule has 0 spiro atoms. The second-order valence-electron chi connectivity index (χ2n) is 3.87. The van der Waals surface area contributed by atoms with Gasteiger partial charge in [-0.2, -0.15) is 0 Å². The first-order valence-corrected chi connectivity index (χ1v) is 5.82. The fourth-order valence-electron chi connectivity index (χ4n) is 1.74. The summed E-state index contributed by atoms with van der Waals surface area (Å²) in [4.78, 5) is 8.08. The lowest BCUT2D eigenvalue weighted by Crippen LogP contribution is -2.00. The highest BCUT2D eigenvalue weighted by atomic mass is 16.5. The van der Waals surface area contributed by atoms with Crippen LogP contribution in [-0.4, -0.2) is 31.3 Å². The number of ether oxygens (including phenoxy) is 3. The van der Waals surface area contributed by atoms with Gasteiger partial charge in [-0.05, 0) is 0 Å². The van der Waals surface area contributed by atoms with Gasteiger partial charge in [-0.15, -0.1) is 0 Å². The van der Waals surface area contributed by atoms with E-state index >= 15 is 0 Å². The highest BCUT2D eigenvalue weighted by Crippen LogP contribution is 2.40. The fourth-order valence-corrected chi connectivity index (χ4v) is 1.74. The number of hydrogen-bond donors (Lipinski definition) is 2. The SMILES string of the molecule is COc1cc(Nc2cncc(N)n2)cc(OC)c1OC. The number of methoxy groups -OCH3 is 3. The van der Waals surface area contributed by atoms with E-state index in [1.807, 2.05) is 0 Å². The van der Waals surface area contributed by atoms with E-state index < -0.39 is 0 Å². The number of hydrogen-bond acceptors (Lipinski definition) is 7. The summed E-state index contributed by atoms with van der Waals surface area (Å²) in [5.41, 5.74) is 6.31. The quantitative estimate of drug-likeness (QED) is 0.860. The molecule has 7 heteroatoms. The summed E-state index contributed by atoms with van der Waals surface area (Å²) in [6.45, 7) is 0. The predicted molar refractivity (Wildman–Crippen MR) is 75.8 cm³/mol. The average molecular weight is 276 g/mol. The summed E-state index contributed by atoms with van der Waals surface area (Å²) in [6, 6.07) is 3.54. The normalized spacial score (nSPS) is 9.95. The summed E-state index contributed by atoms with van der Waals surface area (Å²) >= 11 is 0. The maximum Gasteiger partial charge on any atom is 0.203 e. The van der Waals surface area contributed by atoms with Crippen LogP contribution < -0.4 is 25.3 Å². The Kier molecular flexibility index (Phi) is 4.09. The number of nitrogen functional groups attached to an aromatic ring is 1. The first kappa shape index (κ1) is 13.7. The standard InChI is InChI=1S/C13H16N4O3/c1-18-9-4-8(5-10(19-2)13(9)20-3)16-12-7-15-6-11(14)17-12/h4-7H,1-3H3,(H3,14,16,17). The Hall–Kier alpha value is -2.70. The van der Waals surface area contributed by atoms with Crippen molar-refractivity contribution < 1.29 is 14.2 Å². The minimum absolute atomic E-state index is 0.336. The number of benzene rings is 1. The molecule has 0 amide bonds. The van der Waals surface area contributed by atoms with E-state index in [-0.39, 0.29) is 0 Å². The molecule has 0 aliphatic carbocycles. The van der Waals surface area contributed by atoms with Gasteiger partial charge >= 0.3 is 0 Å². The Balaban J connectivity index is 2.37. The lowest BCUT2D eigenvalue weighted by molar-refractivity contribution is 0.324. The Morgan fingerprint density at radius 1 is 1.00 bits per heavy atom. The van der Waals surface area contributed by atoms with Crippen LogP contribution in [0.3, 0.4) is 0 Å². The predicted octanol–water partition coefficient (Wildman–Crippen LogP) is 1.83. The van der Waals surface area contributed by atoms with Crippen LogP contribution in [0.1, 0.15) is 0 Å². The van der Waals surface area contributed by atoms with Crippen molar-refractivity contribution in [2.24, 2.45) is 0 Å². The van der Waals surface area contributed by atoms with E-state index in [0.29, 0.717) is 28.9 Å². The molecule has 3 N–H and O–H groups in total. The van der Waals surface area contributed by atoms with E-state index in [4.69, 9.17) is 19.9 Å². The zero-order valence-electron chi connectivity index (χ0n) is 11.5.